The van der Waals surface area contributed by atoms with Gasteiger partial charge in [-0.25, -0.2) is 0 Å². The molecule has 0 bridgehead atoms. The van der Waals surface area contributed by atoms with Gasteiger partial charge in [0.1, 0.15) is 0 Å². The summed E-state index contributed by atoms with van der Waals surface area (Å²) in [6.07, 6.45) is 2.19. The first-order chi connectivity index (χ1) is 10.0. The lowest BCUT2D eigenvalue weighted by atomic mass is 9.85. The number of fused-ring (bicyclic) bond motifs is 1. The van der Waals surface area contributed by atoms with Crippen molar-refractivity contribution < 1.29 is 9.59 Å². The summed E-state index contributed by atoms with van der Waals surface area (Å²) in [7, 11) is 0. The first-order valence-corrected chi connectivity index (χ1v) is 7.56. The largest absolute Gasteiger partial charge is 0.398 e. The van der Waals surface area contributed by atoms with Crippen LogP contribution in [0.5, 0.6) is 0 Å². The van der Waals surface area contributed by atoms with E-state index in [-0.39, 0.29) is 17.9 Å². The van der Waals surface area contributed by atoms with Crippen molar-refractivity contribution in [2.24, 2.45) is 5.92 Å². The Kier molecular flexibility index (Phi) is 3.76. The Morgan fingerprint density at radius 1 is 1.38 bits per heavy atom. The lowest BCUT2D eigenvalue weighted by Gasteiger charge is -2.41. The van der Waals surface area contributed by atoms with Gasteiger partial charge in [0, 0.05) is 36.3 Å². The Labute approximate surface area is 128 Å². The number of nitrogen functional groups attached to an aromatic ring is 1. The van der Waals surface area contributed by atoms with E-state index in [2.05, 4.69) is 5.32 Å². The lowest BCUT2D eigenvalue weighted by molar-refractivity contribution is -0.125. The average Bonchev–Trinajstić information content (AvgIpc) is 2.46. The fourth-order valence-corrected chi connectivity index (χ4v) is 3.37. The van der Waals surface area contributed by atoms with Crippen molar-refractivity contribution in [3.05, 3.63) is 28.8 Å². The molecule has 2 aliphatic heterocycles. The molecule has 2 unspecified atom stereocenters. The standard InChI is InChI=1S/C15H18ClN3O2/c16-10-2-3-11(12(17)7-10)15(21)19-6-5-13-9(8-19)1-4-14(20)18-13/h2-3,7,9,13H,1,4-6,8,17H2,(H,18,20). The summed E-state index contributed by atoms with van der Waals surface area (Å²) in [5.41, 5.74) is 6.80. The van der Waals surface area contributed by atoms with Crippen LogP contribution in [0.2, 0.25) is 5.02 Å². The number of benzene rings is 1. The number of nitrogens with zero attached hydrogens (tertiary/aromatic N) is 1. The molecule has 3 rings (SSSR count). The van der Waals surface area contributed by atoms with Crippen LogP contribution in [0, 0.1) is 5.92 Å². The van der Waals surface area contributed by atoms with Crippen molar-refractivity contribution in [1.29, 1.82) is 0 Å². The van der Waals surface area contributed by atoms with Gasteiger partial charge in [0.25, 0.3) is 5.91 Å². The molecule has 0 spiro atoms. The maximum atomic E-state index is 12.6. The zero-order chi connectivity index (χ0) is 15.0. The van der Waals surface area contributed by atoms with Gasteiger partial charge in [0.05, 0.1) is 5.56 Å². The van der Waals surface area contributed by atoms with E-state index in [1.165, 1.54) is 0 Å². The van der Waals surface area contributed by atoms with Gasteiger partial charge in [-0.15, -0.1) is 0 Å². The van der Waals surface area contributed by atoms with Crippen molar-refractivity contribution in [3.63, 3.8) is 0 Å². The highest BCUT2D eigenvalue weighted by molar-refractivity contribution is 6.31. The monoisotopic (exact) mass is 307 g/mol. The third kappa shape index (κ3) is 2.83. The van der Waals surface area contributed by atoms with Crippen LogP contribution in [0.15, 0.2) is 18.2 Å². The number of carbonyl (C=O) groups is 2. The smallest absolute Gasteiger partial charge is 0.255 e. The van der Waals surface area contributed by atoms with E-state index in [1.807, 2.05) is 4.90 Å². The minimum atomic E-state index is -0.0560. The molecule has 2 fully saturated rings. The molecule has 0 radical (unpaired) electrons. The number of anilines is 1. The second kappa shape index (κ2) is 5.56. The summed E-state index contributed by atoms with van der Waals surface area (Å²) < 4.78 is 0. The third-order valence-electron chi connectivity index (χ3n) is 4.35. The van der Waals surface area contributed by atoms with E-state index >= 15 is 0 Å². The van der Waals surface area contributed by atoms with Crippen LogP contribution in [0.1, 0.15) is 29.6 Å². The predicted octanol–water partition coefficient (Wildman–Crippen LogP) is 1.66. The highest BCUT2D eigenvalue weighted by Crippen LogP contribution is 2.27. The molecule has 6 heteroatoms. The fourth-order valence-electron chi connectivity index (χ4n) is 3.19. The topological polar surface area (TPSA) is 75.4 Å². The minimum Gasteiger partial charge on any atom is -0.398 e. The second-order valence-corrected chi connectivity index (χ2v) is 6.18. The molecule has 2 amide bonds. The zero-order valence-corrected chi connectivity index (χ0v) is 12.4. The van der Waals surface area contributed by atoms with Crippen molar-refractivity contribution in [1.82, 2.24) is 10.2 Å². The highest BCUT2D eigenvalue weighted by Gasteiger charge is 2.35. The molecule has 21 heavy (non-hydrogen) atoms. The van der Waals surface area contributed by atoms with Gasteiger partial charge in [-0.1, -0.05) is 11.6 Å². The molecule has 112 valence electrons. The molecular formula is C15H18ClN3O2. The Bertz CT molecular complexity index is 590. The van der Waals surface area contributed by atoms with Crippen LogP contribution in [-0.4, -0.2) is 35.8 Å². The maximum absolute atomic E-state index is 12.6. The summed E-state index contributed by atoms with van der Waals surface area (Å²) in [4.78, 5) is 25.8. The van der Waals surface area contributed by atoms with Crippen LogP contribution in [-0.2, 0) is 4.79 Å². The molecule has 1 aromatic rings. The van der Waals surface area contributed by atoms with Crippen LogP contribution in [0.3, 0.4) is 0 Å². The van der Waals surface area contributed by atoms with Crippen LogP contribution < -0.4 is 11.1 Å². The van der Waals surface area contributed by atoms with E-state index in [1.54, 1.807) is 18.2 Å². The van der Waals surface area contributed by atoms with Crippen LogP contribution >= 0.6 is 11.6 Å². The number of halogens is 1. The van der Waals surface area contributed by atoms with E-state index in [9.17, 15) is 9.59 Å². The Balaban J connectivity index is 1.73. The molecule has 0 saturated carbocycles. The SMILES string of the molecule is Nc1cc(Cl)ccc1C(=O)N1CCC2NC(=O)CCC2C1. The molecule has 0 aliphatic carbocycles. The summed E-state index contributed by atoms with van der Waals surface area (Å²) >= 11 is 5.87. The molecule has 1 aromatic carbocycles. The van der Waals surface area contributed by atoms with Crippen molar-refractivity contribution in [2.45, 2.75) is 25.3 Å². The van der Waals surface area contributed by atoms with Crippen LogP contribution in [0.4, 0.5) is 5.69 Å². The summed E-state index contributed by atoms with van der Waals surface area (Å²) in [5, 5.41) is 3.54. The van der Waals surface area contributed by atoms with Crippen molar-refractivity contribution in [3.8, 4) is 0 Å². The average molecular weight is 308 g/mol. The van der Waals surface area contributed by atoms with Gasteiger partial charge in [0.15, 0.2) is 0 Å². The number of carbonyl (C=O) groups excluding carboxylic acids is 2. The fraction of sp³-hybridized carbons (Fsp3) is 0.467. The number of nitrogens with two attached hydrogens (primary N) is 1. The molecule has 2 aliphatic rings. The van der Waals surface area contributed by atoms with Gasteiger partial charge in [0.2, 0.25) is 5.91 Å². The molecule has 0 aromatic heterocycles. The van der Waals surface area contributed by atoms with Crippen molar-refractivity contribution >= 4 is 29.1 Å². The van der Waals surface area contributed by atoms with E-state index in [0.717, 1.165) is 12.8 Å². The number of hydrogen-bond acceptors (Lipinski definition) is 3. The summed E-state index contributed by atoms with van der Waals surface area (Å²) in [6.45, 7) is 1.31. The quantitative estimate of drug-likeness (QED) is 0.775. The number of amides is 2. The van der Waals surface area contributed by atoms with E-state index < -0.39 is 0 Å². The van der Waals surface area contributed by atoms with Gasteiger partial charge >= 0.3 is 0 Å². The second-order valence-electron chi connectivity index (χ2n) is 5.74. The molecule has 2 saturated heterocycles. The Hall–Kier alpha value is -1.75. The highest BCUT2D eigenvalue weighted by atomic mass is 35.5. The number of rotatable bonds is 1. The number of nitrogens with one attached hydrogen (secondary N) is 1. The molecule has 2 atom stereocenters. The van der Waals surface area contributed by atoms with Crippen molar-refractivity contribution in [2.75, 3.05) is 18.8 Å². The third-order valence-corrected chi connectivity index (χ3v) is 4.59. The number of piperidine rings is 2. The van der Waals surface area contributed by atoms with Gasteiger partial charge in [-0.3, -0.25) is 9.59 Å². The molecule has 5 nitrogen and oxygen atoms in total. The summed E-state index contributed by atoms with van der Waals surface area (Å²) in [5.74, 6) is 0.409. The van der Waals surface area contributed by atoms with E-state index in [4.69, 9.17) is 17.3 Å². The van der Waals surface area contributed by atoms with E-state index in [0.29, 0.717) is 41.7 Å². The first kappa shape index (κ1) is 14.2. The molecule has 3 N–H and O–H groups in total. The van der Waals surface area contributed by atoms with Gasteiger partial charge < -0.3 is 16.0 Å². The lowest BCUT2D eigenvalue weighted by Crippen LogP contribution is -2.55. The van der Waals surface area contributed by atoms with Gasteiger partial charge in [-0.05, 0) is 37.0 Å². The predicted molar refractivity (Wildman–Crippen MR) is 81.0 cm³/mol. The molecule has 2 heterocycles. The number of likely N-dealkylation sites (tertiary alicyclic amines) is 1. The zero-order valence-electron chi connectivity index (χ0n) is 11.6. The number of hydrogen-bond donors (Lipinski definition) is 2. The van der Waals surface area contributed by atoms with Crippen LogP contribution in [0.25, 0.3) is 0 Å². The van der Waals surface area contributed by atoms with Gasteiger partial charge in [-0.2, -0.15) is 0 Å². The maximum Gasteiger partial charge on any atom is 0.255 e. The first-order valence-electron chi connectivity index (χ1n) is 7.18. The summed E-state index contributed by atoms with van der Waals surface area (Å²) in [6, 6.07) is 5.16. The minimum absolute atomic E-state index is 0.0560. The Morgan fingerprint density at radius 3 is 2.95 bits per heavy atom. The molecular weight excluding hydrogens is 290 g/mol. The normalized spacial score (nSPS) is 25.2. The Morgan fingerprint density at radius 2 is 2.19 bits per heavy atom.